The van der Waals surface area contributed by atoms with Crippen LogP contribution in [-0.4, -0.2) is 36.8 Å². The average Bonchev–Trinajstić information content (AvgIpc) is 3.15. The van der Waals surface area contributed by atoms with E-state index in [1.54, 1.807) is 23.1 Å². The van der Waals surface area contributed by atoms with Crippen molar-refractivity contribution in [2.24, 2.45) is 5.92 Å². The van der Waals surface area contributed by atoms with E-state index in [0.29, 0.717) is 24.8 Å². The van der Waals surface area contributed by atoms with Gasteiger partial charge in [-0.05, 0) is 25.3 Å². The SMILES string of the molecule is O=C(C1CC=CC1)N(Cc1ccccc1F)C1CCS(=O)(=O)C1. The number of sulfone groups is 1. The Morgan fingerprint density at radius 2 is 1.91 bits per heavy atom. The van der Waals surface area contributed by atoms with Gasteiger partial charge in [0.2, 0.25) is 5.91 Å². The minimum atomic E-state index is -3.10. The third kappa shape index (κ3) is 3.63. The van der Waals surface area contributed by atoms with Crippen LogP contribution in [0.2, 0.25) is 0 Å². The van der Waals surface area contributed by atoms with Gasteiger partial charge in [-0.1, -0.05) is 30.4 Å². The second-order valence-corrected chi connectivity index (χ2v) is 8.48. The van der Waals surface area contributed by atoms with Gasteiger partial charge in [0.05, 0.1) is 11.5 Å². The fraction of sp³-hybridized carbons (Fsp3) is 0.471. The Bertz CT molecular complexity index is 721. The van der Waals surface area contributed by atoms with Crippen LogP contribution in [0, 0.1) is 11.7 Å². The lowest BCUT2D eigenvalue weighted by Gasteiger charge is -2.31. The number of halogens is 1. The van der Waals surface area contributed by atoms with Crippen LogP contribution in [0.4, 0.5) is 4.39 Å². The smallest absolute Gasteiger partial charge is 0.226 e. The number of benzene rings is 1. The van der Waals surface area contributed by atoms with Gasteiger partial charge in [0.15, 0.2) is 9.84 Å². The van der Waals surface area contributed by atoms with Crippen LogP contribution in [0.3, 0.4) is 0 Å². The molecule has 1 aliphatic heterocycles. The highest BCUT2D eigenvalue weighted by molar-refractivity contribution is 7.91. The van der Waals surface area contributed by atoms with Crippen LogP contribution in [0.25, 0.3) is 0 Å². The zero-order valence-corrected chi connectivity index (χ0v) is 13.6. The van der Waals surface area contributed by atoms with Crippen molar-refractivity contribution in [3.8, 4) is 0 Å². The molecule has 3 rings (SSSR count). The Balaban J connectivity index is 1.84. The number of hydrogen-bond donors (Lipinski definition) is 0. The van der Waals surface area contributed by atoms with Crippen LogP contribution in [-0.2, 0) is 21.2 Å². The van der Waals surface area contributed by atoms with Gasteiger partial charge in [-0.25, -0.2) is 12.8 Å². The molecular formula is C17H20FNO3S. The van der Waals surface area contributed by atoms with Crippen LogP contribution >= 0.6 is 0 Å². The van der Waals surface area contributed by atoms with Gasteiger partial charge in [-0.2, -0.15) is 0 Å². The molecule has 1 heterocycles. The maximum absolute atomic E-state index is 14.0. The number of amides is 1. The van der Waals surface area contributed by atoms with E-state index in [0.717, 1.165) is 0 Å². The summed E-state index contributed by atoms with van der Waals surface area (Å²) in [6, 6.07) is 5.98. The van der Waals surface area contributed by atoms with Crippen molar-refractivity contribution >= 4 is 15.7 Å². The summed E-state index contributed by atoms with van der Waals surface area (Å²) < 4.78 is 37.5. The zero-order valence-electron chi connectivity index (χ0n) is 12.8. The van der Waals surface area contributed by atoms with Gasteiger partial charge in [-0.15, -0.1) is 0 Å². The first-order chi connectivity index (χ1) is 11.0. The van der Waals surface area contributed by atoms with Crippen LogP contribution in [0.5, 0.6) is 0 Å². The maximum Gasteiger partial charge on any atom is 0.226 e. The zero-order chi connectivity index (χ0) is 16.4. The number of nitrogens with zero attached hydrogens (tertiary/aromatic N) is 1. The number of carbonyl (C=O) groups is 1. The van der Waals surface area contributed by atoms with Crippen LogP contribution in [0.15, 0.2) is 36.4 Å². The summed E-state index contributed by atoms with van der Waals surface area (Å²) in [6.07, 6.45) is 5.71. The Morgan fingerprint density at radius 3 is 2.52 bits per heavy atom. The first-order valence-electron chi connectivity index (χ1n) is 7.85. The van der Waals surface area contributed by atoms with Crippen molar-refractivity contribution in [1.29, 1.82) is 0 Å². The van der Waals surface area contributed by atoms with Crippen molar-refractivity contribution in [3.63, 3.8) is 0 Å². The molecule has 0 N–H and O–H groups in total. The predicted molar refractivity (Wildman–Crippen MR) is 85.9 cm³/mol. The predicted octanol–water partition coefficient (Wildman–Crippen LogP) is 2.31. The molecule has 0 bridgehead atoms. The van der Waals surface area contributed by atoms with E-state index in [9.17, 15) is 17.6 Å². The molecule has 1 saturated heterocycles. The number of allylic oxidation sites excluding steroid dienone is 2. The topological polar surface area (TPSA) is 54.5 Å². The van der Waals surface area contributed by atoms with E-state index in [4.69, 9.17) is 0 Å². The van der Waals surface area contributed by atoms with E-state index in [2.05, 4.69) is 0 Å². The minimum absolute atomic E-state index is 0.0205. The fourth-order valence-electron chi connectivity index (χ4n) is 3.27. The summed E-state index contributed by atoms with van der Waals surface area (Å²) in [5.41, 5.74) is 0.427. The summed E-state index contributed by atoms with van der Waals surface area (Å²) >= 11 is 0. The van der Waals surface area contributed by atoms with E-state index in [-0.39, 0.29) is 41.7 Å². The normalized spacial score (nSPS) is 23.3. The monoisotopic (exact) mass is 337 g/mol. The molecule has 4 nitrogen and oxygen atoms in total. The average molecular weight is 337 g/mol. The Labute approximate surface area is 135 Å². The van der Waals surface area contributed by atoms with Gasteiger partial charge in [-0.3, -0.25) is 4.79 Å². The van der Waals surface area contributed by atoms with Gasteiger partial charge >= 0.3 is 0 Å². The Hall–Kier alpha value is -1.69. The van der Waals surface area contributed by atoms with E-state index >= 15 is 0 Å². The van der Waals surface area contributed by atoms with Crippen molar-refractivity contribution in [1.82, 2.24) is 4.90 Å². The molecule has 1 fully saturated rings. The maximum atomic E-state index is 14.0. The van der Waals surface area contributed by atoms with Gasteiger partial charge in [0.1, 0.15) is 5.82 Å². The molecule has 0 radical (unpaired) electrons. The highest BCUT2D eigenvalue weighted by Crippen LogP contribution is 2.27. The molecule has 0 aromatic heterocycles. The molecule has 1 aromatic carbocycles. The summed E-state index contributed by atoms with van der Waals surface area (Å²) in [5, 5.41) is 0. The summed E-state index contributed by atoms with van der Waals surface area (Å²) in [6.45, 7) is 0.127. The highest BCUT2D eigenvalue weighted by atomic mass is 32.2. The largest absolute Gasteiger partial charge is 0.334 e. The van der Waals surface area contributed by atoms with E-state index in [1.807, 2.05) is 12.2 Å². The molecule has 1 aromatic rings. The summed E-state index contributed by atoms with van der Waals surface area (Å²) in [7, 11) is -3.10. The van der Waals surface area contributed by atoms with Crippen molar-refractivity contribution in [3.05, 3.63) is 47.8 Å². The number of hydrogen-bond acceptors (Lipinski definition) is 3. The van der Waals surface area contributed by atoms with Gasteiger partial charge in [0.25, 0.3) is 0 Å². The first kappa shape index (κ1) is 16.2. The molecule has 1 aliphatic carbocycles. The molecule has 1 amide bonds. The number of carbonyl (C=O) groups excluding carboxylic acids is 1. The Morgan fingerprint density at radius 1 is 1.22 bits per heavy atom. The van der Waals surface area contributed by atoms with E-state index < -0.39 is 9.84 Å². The Kier molecular flexibility index (Phi) is 4.53. The van der Waals surface area contributed by atoms with Crippen molar-refractivity contribution in [2.75, 3.05) is 11.5 Å². The molecule has 23 heavy (non-hydrogen) atoms. The molecule has 0 spiro atoms. The van der Waals surface area contributed by atoms with Gasteiger partial charge in [0, 0.05) is 24.1 Å². The second-order valence-electron chi connectivity index (χ2n) is 6.25. The highest BCUT2D eigenvalue weighted by Gasteiger charge is 2.37. The molecule has 6 heteroatoms. The molecule has 2 aliphatic rings. The molecular weight excluding hydrogens is 317 g/mol. The number of rotatable bonds is 4. The lowest BCUT2D eigenvalue weighted by molar-refractivity contribution is -0.137. The van der Waals surface area contributed by atoms with Crippen LogP contribution in [0.1, 0.15) is 24.8 Å². The van der Waals surface area contributed by atoms with Gasteiger partial charge < -0.3 is 4.90 Å². The lowest BCUT2D eigenvalue weighted by atomic mass is 10.0. The minimum Gasteiger partial charge on any atom is -0.334 e. The van der Waals surface area contributed by atoms with E-state index in [1.165, 1.54) is 6.07 Å². The first-order valence-corrected chi connectivity index (χ1v) is 9.68. The molecule has 1 atom stereocenters. The second kappa shape index (κ2) is 6.43. The van der Waals surface area contributed by atoms with Crippen molar-refractivity contribution < 1.29 is 17.6 Å². The standard InChI is InChI=1S/C17H20FNO3S/c18-16-8-4-3-7-14(16)11-19(15-9-10-23(21,22)12-15)17(20)13-5-1-2-6-13/h1-4,7-8,13,15H,5-6,9-12H2. The molecule has 1 unspecified atom stereocenters. The quantitative estimate of drug-likeness (QED) is 0.792. The lowest BCUT2D eigenvalue weighted by Crippen LogP contribution is -2.43. The summed E-state index contributed by atoms with van der Waals surface area (Å²) in [5.74, 6) is -0.504. The fourth-order valence-corrected chi connectivity index (χ4v) is 5.00. The van der Waals surface area contributed by atoms with Crippen molar-refractivity contribution in [2.45, 2.75) is 31.8 Å². The molecule has 0 saturated carbocycles. The summed E-state index contributed by atoms with van der Waals surface area (Å²) in [4.78, 5) is 14.4. The van der Waals surface area contributed by atoms with Crippen LogP contribution < -0.4 is 0 Å². The third-order valence-corrected chi connectivity index (χ3v) is 6.34. The molecule has 124 valence electrons. The third-order valence-electron chi connectivity index (χ3n) is 4.59.